The van der Waals surface area contributed by atoms with Crippen molar-refractivity contribution in [3.63, 3.8) is 0 Å². The number of hydrogen-bond acceptors (Lipinski definition) is 2. The topological polar surface area (TPSA) is 26.3 Å². The van der Waals surface area contributed by atoms with E-state index in [9.17, 15) is 4.57 Å². The Labute approximate surface area is 115 Å². The molecule has 3 heteroatoms. The molecule has 0 saturated heterocycles. The van der Waals surface area contributed by atoms with E-state index in [0.717, 1.165) is 16.4 Å². The van der Waals surface area contributed by atoms with Gasteiger partial charge in [0.1, 0.15) is 5.75 Å². The standard InChI is InChI=1S/C16H19O2P/c1-11-5-7-15(9-13(11)3)18-19(17)16-8-6-12(2)14(4)10-16/h5-10,19H,1-4H3. The summed E-state index contributed by atoms with van der Waals surface area (Å²) in [5, 5.41) is 0.770. The molecule has 0 N–H and O–H groups in total. The quantitative estimate of drug-likeness (QED) is 0.788. The predicted octanol–water partition coefficient (Wildman–Crippen LogP) is 4.10. The highest BCUT2D eigenvalue weighted by Gasteiger charge is 2.07. The van der Waals surface area contributed by atoms with Crippen LogP contribution in [0.4, 0.5) is 0 Å². The summed E-state index contributed by atoms with van der Waals surface area (Å²) >= 11 is 0. The Kier molecular flexibility index (Phi) is 4.11. The van der Waals surface area contributed by atoms with Crippen LogP contribution in [-0.4, -0.2) is 0 Å². The molecule has 0 aliphatic carbocycles. The van der Waals surface area contributed by atoms with Crippen molar-refractivity contribution >= 4 is 13.3 Å². The van der Waals surface area contributed by atoms with Crippen LogP contribution < -0.4 is 9.83 Å². The van der Waals surface area contributed by atoms with E-state index in [1.165, 1.54) is 11.1 Å². The molecule has 0 aliphatic heterocycles. The minimum Gasteiger partial charge on any atom is -0.442 e. The summed E-state index contributed by atoms with van der Waals surface area (Å²) in [5.74, 6) is 0.671. The zero-order chi connectivity index (χ0) is 14.0. The third kappa shape index (κ3) is 3.27. The SMILES string of the molecule is Cc1ccc(O[PH](=O)c2ccc(C)c(C)c2)cc1C. The van der Waals surface area contributed by atoms with Crippen LogP contribution >= 0.6 is 8.03 Å². The minimum atomic E-state index is -2.24. The molecule has 2 aromatic rings. The summed E-state index contributed by atoms with van der Waals surface area (Å²) in [6, 6.07) is 11.6. The molecule has 0 amide bonds. The van der Waals surface area contributed by atoms with E-state index in [1.54, 1.807) is 0 Å². The second-order valence-electron chi connectivity index (χ2n) is 4.93. The number of hydrogen-bond donors (Lipinski definition) is 0. The Morgan fingerprint density at radius 3 is 1.95 bits per heavy atom. The van der Waals surface area contributed by atoms with Gasteiger partial charge in [-0.05, 0) is 74.2 Å². The fraction of sp³-hybridized carbons (Fsp3) is 0.250. The molecule has 0 heterocycles. The third-order valence-electron chi connectivity index (χ3n) is 3.43. The highest BCUT2D eigenvalue weighted by atomic mass is 31.1. The number of rotatable bonds is 3. The van der Waals surface area contributed by atoms with E-state index in [0.29, 0.717) is 5.75 Å². The van der Waals surface area contributed by atoms with E-state index in [2.05, 4.69) is 0 Å². The molecule has 0 radical (unpaired) electrons. The molecule has 100 valence electrons. The molecule has 19 heavy (non-hydrogen) atoms. The first kappa shape index (κ1) is 13.9. The molecule has 0 fully saturated rings. The molecular formula is C16H19O2P. The molecule has 0 aliphatic rings. The van der Waals surface area contributed by atoms with Crippen LogP contribution in [0.2, 0.25) is 0 Å². The second kappa shape index (κ2) is 5.63. The van der Waals surface area contributed by atoms with Gasteiger partial charge in [-0.2, -0.15) is 0 Å². The Bertz CT molecular complexity index is 633. The van der Waals surface area contributed by atoms with E-state index in [-0.39, 0.29) is 0 Å². The normalized spacial score (nSPS) is 12.2. The van der Waals surface area contributed by atoms with Crippen molar-refractivity contribution in [2.75, 3.05) is 0 Å². The Balaban J connectivity index is 2.20. The van der Waals surface area contributed by atoms with Crippen molar-refractivity contribution in [3.8, 4) is 5.75 Å². The molecule has 1 atom stereocenters. The average Bonchev–Trinajstić information content (AvgIpc) is 2.37. The van der Waals surface area contributed by atoms with Crippen molar-refractivity contribution in [1.29, 1.82) is 0 Å². The smallest absolute Gasteiger partial charge is 0.265 e. The molecule has 0 bridgehead atoms. The Hall–Kier alpha value is -1.53. The van der Waals surface area contributed by atoms with Gasteiger partial charge in [-0.15, -0.1) is 0 Å². The maximum atomic E-state index is 12.2. The lowest BCUT2D eigenvalue weighted by molar-refractivity contribution is 0.514. The van der Waals surface area contributed by atoms with Gasteiger partial charge in [-0.1, -0.05) is 12.1 Å². The molecule has 0 spiro atoms. The van der Waals surface area contributed by atoms with Gasteiger partial charge >= 0.3 is 0 Å². The summed E-state index contributed by atoms with van der Waals surface area (Å²) in [6.07, 6.45) is 0. The minimum absolute atomic E-state index is 0.671. The maximum Gasteiger partial charge on any atom is 0.265 e. The summed E-state index contributed by atoms with van der Waals surface area (Å²) in [5.41, 5.74) is 4.69. The highest BCUT2D eigenvalue weighted by molar-refractivity contribution is 7.48. The molecule has 2 aromatic carbocycles. The molecular weight excluding hydrogens is 255 g/mol. The monoisotopic (exact) mass is 274 g/mol. The van der Waals surface area contributed by atoms with Crippen molar-refractivity contribution < 1.29 is 9.09 Å². The zero-order valence-electron chi connectivity index (χ0n) is 11.8. The first-order valence-corrected chi connectivity index (χ1v) is 7.65. The first-order chi connectivity index (χ1) is 8.97. The van der Waals surface area contributed by atoms with Crippen LogP contribution in [0.15, 0.2) is 36.4 Å². The van der Waals surface area contributed by atoms with Crippen molar-refractivity contribution in [3.05, 3.63) is 58.7 Å². The summed E-state index contributed by atoms with van der Waals surface area (Å²) in [7, 11) is -2.24. The molecule has 0 saturated carbocycles. The van der Waals surface area contributed by atoms with E-state index >= 15 is 0 Å². The van der Waals surface area contributed by atoms with Gasteiger partial charge in [-0.3, -0.25) is 4.57 Å². The van der Waals surface area contributed by atoms with Crippen molar-refractivity contribution in [2.24, 2.45) is 0 Å². The van der Waals surface area contributed by atoms with Crippen LogP contribution in [0.3, 0.4) is 0 Å². The Morgan fingerprint density at radius 1 is 0.789 bits per heavy atom. The summed E-state index contributed by atoms with van der Waals surface area (Å²) in [4.78, 5) is 0. The number of benzene rings is 2. The lowest BCUT2D eigenvalue weighted by Crippen LogP contribution is -2.01. The van der Waals surface area contributed by atoms with Gasteiger partial charge in [0, 0.05) is 5.30 Å². The van der Waals surface area contributed by atoms with E-state index in [4.69, 9.17) is 4.52 Å². The number of aryl methyl sites for hydroxylation is 4. The van der Waals surface area contributed by atoms with Crippen LogP contribution in [0.5, 0.6) is 5.75 Å². The fourth-order valence-corrected chi connectivity index (χ4v) is 2.82. The fourth-order valence-electron chi connectivity index (χ4n) is 1.81. The van der Waals surface area contributed by atoms with Gasteiger partial charge in [0.15, 0.2) is 0 Å². The van der Waals surface area contributed by atoms with Crippen molar-refractivity contribution in [2.45, 2.75) is 27.7 Å². The molecule has 2 rings (SSSR count). The predicted molar refractivity (Wildman–Crippen MR) is 81.1 cm³/mol. The van der Waals surface area contributed by atoms with Crippen molar-refractivity contribution in [1.82, 2.24) is 0 Å². The second-order valence-corrected chi connectivity index (χ2v) is 6.29. The van der Waals surface area contributed by atoms with Crippen LogP contribution in [0.25, 0.3) is 0 Å². The lowest BCUT2D eigenvalue weighted by Gasteiger charge is -2.09. The maximum absolute atomic E-state index is 12.2. The van der Waals surface area contributed by atoms with Gasteiger partial charge in [0.25, 0.3) is 8.03 Å². The largest absolute Gasteiger partial charge is 0.442 e. The summed E-state index contributed by atoms with van der Waals surface area (Å²) < 4.78 is 17.8. The van der Waals surface area contributed by atoms with Gasteiger partial charge in [-0.25, -0.2) is 0 Å². The molecule has 0 aromatic heterocycles. The van der Waals surface area contributed by atoms with Gasteiger partial charge < -0.3 is 4.52 Å². The first-order valence-electron chi connectivity index (χ1n) is 6.34. The van der Waals surface area contributed by atoms with E-state index in [1.807, 2.05) is 64.1 Å². The van der Waals surface area contributed by atoms with Crippen LogP contribution in [0.1, 0.15) is 22.3 Å². The van der Waals surface area contributed by atoms with Gasteiger partial charge in [0.05, 0.1) is 0 Å². The highest BCUT2D eigenvalue weighted by Crippen LogP contribution is 2.28. The molecule has 1 unspecified atom stereocenters. The van der Waals surface area contributed by atoms with Gasteiger partial charge in [0.2, 0.25) is 0 Å². The zero-order valence-corrected chi connectivity index (χ0v) is 12.8. The van der Waals surface area contributed by atoms with E-state index < -0.39 is 8.03 Å². The van der Waals surface area contributed by atoms with Crippen LogP contribution in [0, 0.1) is 27.7 Å². The summed E-state index contributed by atoms with van der Waals surface area (Å²) in [6.45, 7) is 8.13. The molecule has 2 nitrogen and oxygen atoms in total. The Morgan fingerprint density at radius 2 is 1.37 bits per heavy atom. The lowest BCUT2D eigenvalue weighted by atomic mass is 10.1. The average molecular weight is 274 g/mol. The third-order valence-corrected chi connectivity index (χ3v) is 4.64. The van der Waals surface area contributed by atoms with Crippen LogP contribution in [-0.2, 0) is 4.57 Å².